The maximum Gasteiger partial charge on any atom is 0.442 e. The van der Waals surface area contributed by atoms with Crippen molar-refractivity contribution in [3.8, 4) is 11.3 Å². The highest BCUT2D eigenvalue weighted by atomic mass is 19.4. The van der Waals surface area contributed by atoms with E-state index in [2.05, 4.69) is 20.5 Å². The molecule has 0 unspecified atom stereocenters. The van der Waals surface area contributed by atoms with E-state index in [4.69, 9.17) is 4.74 Å². The highest BCUT2D eigenvalue weighted by Gasteiger charge is 2.44. The molecule has 0 aliphatic heterocycles. The maximum atomic E-state index is 13.2. The Morgan fingerprint density at radius 1 is 1.24 bits per heavy atom. The number of fused-ring (bicyclic) bond motifs is 1. The Morgan fingerprint density at radius 3 is 2.65 bits per heavy atom. The van der Waals surface area contributed by atoms with Crippen molar-refractivity contribution in [1.29, 1.82) is 0 Å². The number of rotatable bonds is 7. The molecule has 0 atom stereocenters. The van der Waals surface area contributed by atoms with Crippen molar-refractivity contribution in [2.45, 2.75) is 26.6 Å². The molecule has 1 aromatic carbocycles. The summed E-state index contributed by atoms with van der Waals surface area (Å²) in [6.07, 6.45) is -2.25. The van der Waals surface area contributed by atoms with E-state index in [1.54, 1.807) is 37.3 Å². The molecule has 15 heteroatoms. The molecule has 37 heavy (non-hydrogen) atoms. The van der Waals surface area contributed by atoms with Gasteiger partial charge in [-0.25, -0.2) is 14.3 Å². The van der Waals surface area contributed by atoms with Crippen molar-refractivity contribution >= 4 is 28.9 Å². The number of halogens is 3. The fourth-order valence-electron chi connectivity index (χ4n) is 3.66. The molecule has 1 amide bonds. The Labute approximate surface area is 205 Å². The first-order valence-corrected chi connectivity index (χ1v) is 10.7. The number of nitro groups is 1. The minimum Gasteiger partial charge on any atom is -0.462 e. The smallest absolute Gasteiger partial charge is 0.442 e. The van der Waals surface area contributed by atoms with Gasteiger partial charge in [-0.05, 0) is 32.0 Å². The number of aromatic nitrogens is 5. The Morgan fingerprint density at radius 2 is 2.00 bits per heavy atom. The molecule has 4 aromatic rings. The van der Waals surface area contributed by atoms with Gasteiger partial charge < -0.3 is 10.1 Å². The van der Waals surface area contributed by atoms with Gasteiger partial charge in [0, 0.05) is 17.4 Å². The van der Waals surface area contributed by atoms with Crippen LogP contribution in [0.15, 0.2) is 42.7 Å². The van der Waals surface area contributed by atoms with Gasteiger partial charge >= 0.3 is 17.8 Å². The van der Waals surface area contributed by atoms with Crippen molar-refractivity contribution in [1.82, 2.24) is 24.4 Å². The topological polar surface area (TPSA) is 147 Å². The molecule has 1 N–H and O–H groups in total. The third-order valence-electron chi connectivity index (χ3n) is 5.26. The number of hydrogen-bond acceptors (Lipinski definition) is 8. The summed E-state index contributed by atoms with van der Waals surface area (Å²) in [5, 5.41) is 21.1. The number of hydrogen-bond donors (Lipinski definition) is 1. The van der Waals surface area contributed by atoms with E-state index in [-0.39, 0.29) is 17.8 Å². The van der Waals surface area contributed by atoms with Crippen LogP contribution in [0.3, 0.4) is 0 Å². The summed E-state index contributed by atoms with van der Waals surface area (Å²) in [7, 11) is 0. The number of nitrogens with one attached hydrogen (secondary N) is 1. The number of carbonyl (C=O) groups is 2. The van der Waals surface area contributed by atoms with Gasteiger partial charge in [-0.15, -0.1) is 0 Å². The number of carbonyl (C=O) groups excluding carboxylic acids is 2. The van der Waals surface area contributed by atoms with E-state index in [1.807, 2.05) is 0 Å². The zero-order chi connectivity index (χ0) is 26.9. The molecular weight excluding hydrogens is 499 g/mol. The second kappa shape index (κ2) is 9.67. The normalized spacial score (nSPS) is 11.5. The van der Waals surface area contributed by atoms with Crippen LogP contribution in [0.4, 0.5) is 24.5 Å². The Balaban J connectivity index is 1.59. The highest BCUT2D eigenvalue weighted by molar-refractivity contribution is 5.96. The van der Waals surface area contributed by atoms with Crippen molar-refractivity contribution in [3.63, 3.8) is 0 Å². The summed E-state index contributed by atoms with van der Waals surface area (Å²) in [5.74, 6) is -1.33. The SMILES string of the molecule is CCOC(=O)c1cnn2c(-c3cccc(NC(=O)Cn4nc(C(F)(F)F)c([N+](=O)[O-])c4C)c3)ccnc12. The third kappa shape index (κ3) is 4.96. The predicted molar refractivity (Wildman–Crippen MR) is 122 cm³/mol. The highest BCUT2D eigenvalue weighted by Crippen LogP contribution is 2.37. The molecule has 0 aliphatic rings. The fourth-order valence-corrected chi connectivity index (χ4v) is 3.66. The second-order valence-corrected chi connectivity index (χ2v) is 7.67. The quantitative estimate of drug-likeness (QED) is 0.222. The molecule has 12 nitrogen and oxygen atoms in total. The van der Waals surface area contributed by atoms with Crippen LogP contribution in [0.2, 0.25) is 0 Å². The van der Waals surface area contributed by atoms with E-state index in [1.165, 1.54) is 16.9 Å². The van der Waals surface area contributed by atoms with Crippen molar-refractivity contribution in [2.24, 2.45) is 0 Å². The van der Waals surface area contributed by atoms with Gasteiger partial charge in [0.2, 0.25) is 11.6 Å². The molecule has 0 aliphatic carbocycles. The molecule has 4 rings (SSSR count). The molecule has 0 bridgehead atoms. The van der Waals surface area contributed by atoms with Crippen LogP contribution in [0.25, 0.3) is 16.9 Å². The molecule has 192 valence electrons. The van der Waals surface area contributed by atoms with Crippen molar-refractivity contribution < 1.29 is 32.4 Å². The largest absolute Gasteiger partial charge is 0.462 e. The van der Waals surface area contributed by atoms with E-state index in [0.29, 0.717) is 21.6 Å². The number of nitrogens with zero attached hydrogens (tertiary/aromatic N) is 6. The standard InChI is InChI=1S/C22H18F3N7O5/c1-3-37-21(34)15-10-27-31-16(7-8-26-20(15)31)13-5-4-6-14(9-13)28-17(33)11-30-12(2)18(32(35)36)19(29-30)22(23,24)25/h4-10H,3,11H2,1-2H3,(H,28,33). The van der Waals surface area contributed by atoms with Crippen molar-refractivity contribution in [3.05, 3.63) is 69.8 Å². The van der Waals surface area contributed by atoms with Gasteiger partial charge in [0.1, 0.15) is 17.8 Å². The zero-order valence-electron chi connectivity index (χ0n) is 19.3. The van der Waals surface area contributed by atoms with E-state index < -0.39 is 46.6 Å². The van der Waals surface area contributed by atoms with Gasteiger partial charge in [0.15, 0.2) is 5.65 Å². The van der Waals surface area contributed by atoms with Crippen LogP contribution in [0.1, 0.15) is 28.7 Å². The van der Waals surface area contributed by atoms with Crippen LogP contribution >= 0.6 is 0 Å². The summed E-state index contributed by atoms with van der Waals surface area (Å²) in [5.41, 5.74) is -1.44. The second-order valence-electron chi connectivity index (χ2n) is 7.67. The number of anilines is 1. The first-order valence-electron chi connectivity index (χ1n) is 10.7. The average molecular weight is 517 g/mol. The summed E-state index contributed by atoms with van der Waals surface area (Å²) in [6.45, 7) is 2.25. The predicted octanol–water partition coefficient (Wildman–Crippen LogP) is 3.64. The number of esters is 1. The fraction of sp³-hybridized carbons (Fsp3) is 0.227. The number of ether oxygens (including phenoxy) is 1. The molecular formula is C22H18F3N7O5. The van der Waals surface area contributed by atoms with Crippen molar-refractivity contribution in [2.75, 3.05) is 11.9 Å². The summed E-state index contributed by atoms with van der Waals surface area (Å²) < 4.78 is 46.6. The molecule has 0 spiro atoms. The Kier molecular flexibility index (Phi) is 6.61. The van der Waals surface area contributed by atoms with Gasteiger partial charge in [-0.3, -0.25) is 19.6 Å². The zero-order valence-corrected chi connectivity index (χ0v) is 19.3. The molecule has 0 saturated carbocycles. The van der Waals surface area contributed by atoms with Crippen LogP contribution < -0.4 is 5.32 Å². The van der Waals surface area contributed by atoms with Gasteiger partial charge in [0.05, 0.1) is 23.4 Å². The van der Waals surface area contributed by atoms with Gasteiger partial charge in [-0.2, -0.15) is 23.4 Å². The lowest BCUT2D eigenvalue weighted by Crippen LogP contribution is -2.20. The van der Waals surface area contributed by atoms with Gasteiger partial charge in [-0.1, -0.05) is 12.1 Å². The Hall–Kier alpha value is -4.82. The van der Waals surface area contributed by atoms with Crippen LogP contribution in [-0.2, 0) is 22.3 Å². The number of alkyl halides is 3. The third-order valence-corrected chi connectivity index (χ3v) is 5.26. The molecule has 0 saturated heterocycles. The summed E-state index contributed by atoms with van der Waals surface area (Å²) >= 11 is 0. The molecule has 3 heterocycles. The maximum absolute atomic E-state index is 13.2. The summed E-state index contributed by atoms with van der Waals surface area (Å²) in [6, 6.07) is 8.11. The number of benzene rings is 1. The van der Waals surface area contributed by atoms with Crippen LogP contribution in [0.5, 0.6) is 0 Å². The molecule has 0 fully saturated rings. The first kappa shape index (κ1) is 25.3. The van der Waals surface area contributed by atoms with E-state index in [0.717, 1.165) is 6.92 Å². The monoisotopic (exact) mass is 517 g/mol. The molecule has 0 radical (unpaired) electrons. The lowest BCUT2D eigenvalue weighted by Gasteiger charge is -2.10. The minimum atomic E-state index is -5.06. The average Bonchev–Trinajstić information content (AvgIpc) is 3.41. The Bertz CT molecular complexity index is 1530. The van der Waals surface area contributed by atoms with Crippen LogP contribution in [-0.4, -0.2) is 47.8 Å². The molecule has 3 aromatic heterocycles. The van der Waals surface area contributed by atoms with E-state index in [9.17, 15) is 32.9 Å². The van der Waals surface area contributed by atoms with E-state index >= 15 is 0 Å². The summed E-state index contributed by atoms with van der Waals surface area (Å²) in [4.78, 5) is 38.9. The van der Waals surface area contributed by atoms with Gasteiger partial charge in [0.25, 0.3) is 0 Å². The lowest BCUT2D eigenvalue weighted by atomic mass is 10.1. The number of amides is 1. The van der Waals surface area contributed by atoms with Crippen LogP contribution in [0, 0.1) is 17.0 Å². The minimum absolute atomic E-state index is 0.176. The lowest BCUT2D eigenvalue weighted by molar-refractivity contribution is -0.388. The first-order chi connectivity index (χ1) is 17.5.